The first-order valence-corrected chi connectivity index (χ1v) is 4.91. The van der Waals surface area contributed by atoms with Crippen molar-refractivity contribution in [2.75, 3.05) is 0 Å². The van der Waals surface area contributed by atoms with Crippen molar-refractivity contribution in [1.29, 1.82) is 0 Å². The molecule has 0 amide bonds. The van der Waals surface area contributed by atoms with Gasteiger partial charge in [-0.05, 0) is 26.0 Å². The topological polar surface area (TPSA) is 56.7 Å². The Labute approximate surface area is 88.8 Å². The zero-order valence-corrected chi connectivity index (χ0v) is 8.88. The van der Waals surface area contributed by atoms with Crippen LogP contribution in [0.4, 0.5) is 0 Å². The van der Waals surface area contributed by atoms with Crippen LogP contribution in [0.3, 0.4) is 0 Å². The minimum atomic E-state index is 0.00228. The first-order chi connectivity index (χ1) is 7.20. The second kappa shape index (κ2) is 3.82. The summed E-state index contributed by atoms with van der Waals surface area (Å²) in [5.74, 6) is 0.821. The van der Waals surface area contributed by atoms with Crippen molar-refractivity contribution in [3.05, 3.63) is 41.9 Å². The minimum absolute atomic E-state index is 0.00228. The van der Waals surface area contributed by atoms with Gasteiger partial charge in [0.1, 0.15) is 0 Å². The molecule has 2 N–H and O–H groups in total. The van der Waals surface area contributed by atoms with E-state index in [4.69, 9.17) is 5.73 Å². The van der Waals surface area contributed by atoms with Crippen molar-refractivity contribution < 1.29 is 0 Å². The summed E-state index contributed by atoms with van der Waals surface area (Å²) >= 11 is 0. The fourth-order valence-corrected chi connectivity index (χ4v) is 1.58. The molecule has 1 unspecified atom stereocenters. The van der Waals surface area contributed by atoms with Crippen molar-refractivity contribution in [3.63, 3.8) is 0 Å². The molecular weight excluding hydrogens is 188 g/mol. The summed E-state index contributed by atoms with van der Waals surface area (Å²) in [6, 6.07) is 5.75. The van der Waals surface area contributed by atoms with Crippen LogP contribution < -0.4 is 5.73 Å². The Morgan fingerprint density at radius 3 is 2.73 bits per heavy atom. The third-order valence-corrected chi connectivity index (χ3v) is 2.40. The van der Waals surface area contributed by atoms with E-state index in [1.165, 1.54) is 0 Å². The van der Waals surface area contributed by atoms with E-state index in [1.54, 1.807) is 17.1 Å². The number of aromatic nitrogens is 3. The molecule has 78 valence electrons. The summed E-state index contributed by atoms with van der Waals surface area (Å²) in [5.41, 5.74) is 7.93. The number of nitrogens with zero attached hydrogens (tertiary/aromatic N) is 3. The first kappa shape index (κ1) is 9.86. The van der Waals surface area contributed by atoms with Crippen LogP contribution in [0.2, 0.25) is 0 Å². The van der Waals surface area contributed by atoms with Gasteiger partial charge >= 0.3 is 0 Å². The van der Waals surface area contributed by atoms with Crippen LogP contribution in [0.5, 0.6) is 0 Å². The minimum Gasteiger partial charge on any atom is -0.324 e. The molecule has 2 aromatic heterocycles. The van der Waals surface area contributed by atoms with Crippen LogP contribution in [0.1, 0.15) is 24.2 Å². The smallest absolute Gasteiger partial charge is 0.153 e. The number of pyridine rings is 1. The first-order valence-electron chi connectivity index (χ1n) is 4.91. The lowest BCUT2D eigenvalue weighted by Crippen LogP contribution is -2.07. The maximum atomic E-state index is 5.83. The SMILES string of the molecule is Cc1c(C(C)N)cnn1-c1ccccn1. The standard InChI is InChI=1S/C11H14N4/c1-8(12)10-7-14-15(9(10)2)11-5-3-4-6-13-11/h3-8H,12H2,1-2H3. The van der Waals surface area contributed by atoms with Crippen LogP contribution in [-0.4, -0.2) is 14.8 Å². The molecule has 1 atom stereocenters. The van der Waals surface area contributed by atoms with Crippen molar-refractivity contribution in [1.82, 2.24) is 14.8 Å². The zero-order valence-electron chi connectivity index (χ0n) is 8.88. The van der Waals surface area contributed by atoms with Crippen molar-refractivity contribution in [2.24, 2.45) is 5.73 Å². The average Bonchev–Trinajstić information content (AvgIpc) is 2.61. The van der Waals surface area contributed by atoms with Gasteiger partial charge in [0.15, 0.2) is 5.82 Å². The lowest BCUT2D eigenvalue weighted by Gasteiger charge is -2.05. The van der Waals surface area contributed by atoms with E-state index in [0.717, 1.165) is 17.1 Å². The molecular formula is C11H14N4. The molecule has 0 spiro atoms. The lowest BCUT2D eigenvalue weighted by atomic mass is 10.1. The summed E-state index contributed by atoms with van der Waals surface area (Å²) in [6.07, 6.45) is 3.55. The molecule has 15 heavy (non-hydrogen) atoms. The van der Waals surface area contributed by atoms with Gasteiger partial charge in [0.05, 0.1) is 6.20 Å². The van der Waals surface area contributed by atoms with Crippen molar-refractivity contribution in [3.8, 4) is 5.82 Å². The summed E-state index contributed by atoms with van der Waals surface area (Å²) in [4.78, 5) is 4.24. The monoisotopic (exact) mass is 202 g/mol. The fraction of sp³-hybridized carbons (Fsp3) is 0.273. The molecule has 0 saturated carbocycles. The highest BCUT2D eigenvalue weighted by Gasteiger charge is 2.11. The normalized spacial score (nSPS) is 12.7. The summed E-state index contributed by atoms with van der Waals surface area (Å²) in [6.45, 7) is 3.95. The van der Waals surface area contributed by atoms with E-state index in [0.29, 0.717) is 0 Å². The zero-order chi connectivity index (χ0) is 10.8. The van der Waals surface area contributed by atoms with Gasteiger partial charge in [-0.3, -0.25) is 0 Å². The molecule has 0 aliphatic carbocycles. The highest BCUT2D eigenvalue weighted by atomic mass is 15.3. The number of hydrogen-bond donors (Lipinski definition) is 1. The highest BCUT2D eigenvalue weighted by Crippen LogP contribution is 2.16. The molecule has 0 radical (unpaired) electrons. The average molecular weight is 202 g/mol. The van der Waals surface area contributed by atoms with Gasteiger partial charge in [-0.15, -0.1) is 0 Å². The van der Waals surface area contributed by atoms with E-state index < -0.39 is 0 Å². The van der Waals surface area contributed by atoms with Gasteiger partial charge in [-0.2, -0.15) is 5.10 Å². The molecule has 2 aromatic rings. The largest absolute Gasteiger partial charge is 0.324 e. The molecule has 0 bridgehead atoms. The highest BCUT2D eigenvalue weighted by molar-refractivity contribution is 5.29. The molecule has 0 aromatic carbocycles. The van der Waals surface area contributed by atoms with Crippen molar-refractivity contribution in [2.45, 2.75) is 19.9 Å². The lowest BCUT2D eigenvalue weighted by molar-refractivity contribution is 0.787. The van der Waals surface area contributed by atoms with Crippen LogP contribution >= 0.6 is 0 Å². The Kier molecular flexibility index (Phi) is 2.51. The second-order valence-electron chi connectivity index (χ2n) is 3.57. The molecule has 2 heterocycles. The Hall–Kier alpha value is -1.68. The number of nitrogens with two attached hydrogens (primary N) is 1. The molecule has 0 fully saturated rings. The van der Waals surface area contributed by atoms with Crippen LogP contribution in [-0.2, 0) is 0 Å². The van der Waals surface area contributed by atoms with E-state index in [9.17, 15) is 0 Å². The number of hydrogen-bond acceptors (Lipinski definition) is 3. The van der Waals surface area contributed by atoms with Gasteiger partial charge in [-0.1, -0.05) is 6.07 Å². The van der Waals surface area contributed by atoms with Crippen LogP contribution in [0.25, 0.3) is 5.82 Å². The third-order valence-electron chi connectivity index (χ3n) is 2.40. The van der Waals surface area contributed by atoms with E-state index in [1.807, 2.05) is 32.0 Å². The fourth-order valence-electron chi connectivity index (χ4n) is 1.58. The van der Waals surface area contributed by atoms with Gasteiger partial charge in [-0.25, -0.2) is 9.67 Å². The molecule has 0 aliphatic rings. The Morgan fingerprint density at radius 1 is 1.40 bits per heavy atom. The quantitative estimate of drug-likeness (QED) is 0.804. The summed E-state index contributed by atoms with van der Waals surface area (Å²) in [5, 5.41) is 4.28. The number of rotatable bonds is 2. The maximum Gasteiger partial charge on any atom is 0.153 e. The van der Waals surface area contributed by atoms with Gasteiger partial charge in [0.2, 0.25) is 0 Å². The van der Waals surface area contributed by atoms with E-state index in [2.05, 4.69) is 10.1 Å². The Bertz CT molecular complexity index is 445. The molecule has 4 nitrogen and oxygen atoms in total. The molecule has 4 heteroatoms. The van der Waals surface area contributed by atoms with Gasteiger partial charge in [0.25, 0.3) is 0 Å². The Morgan fingerprint density at radius 2 is 2.20 bits per heavy atom. The molecule has 0 aliphatic heterocycles. The van der Waals surface area contributed by atoms with Crippen LogP contribution in [0, 0.1) is 6.92 Å². The Balaban J connectivity index is 2.47. The van der Waals surface area contributed by atoms with E-state index in [-0.39, 0.29) is 6.04 Å². The second-order valence-corrected chi connectivity index (χ2v) is 3.57. The maximum absolute atomic E-state index is 5.83. The van der Waals surface area contributed by atoms with E-state index >= 15 is 0 Å². The van der Waals surface area contributed by atoms with Gasteiger partial charge in [0, 0.05) is 23.5 Å². The van der Waals surface area contributed by atoms with Gasteiger partial charge < -0.3 is 5.73 Å². The summed E-state index contributed by atoms with van der Waals surface area (Å²) < 4.78 is 1.80. The third kappa shape index (κ3) is 1.76. The predicted molar refractivity (Wildman–Crippen MR) is 58.7 cm³/mol. The summed E-state index contributed by atoms with van der Waals surface area (Å²) in [7, 11) is 0. The molecule has 0 saturated heterocycles. The molecule has 2 rings (SSSR count). The predicted octanol–water partition coefficient (Wildman–Crippen LogP) is 1.60. The van der Waals surface area contributed by atoms with Crippen LogP contribution in [0.15, 0.2) is 30.6 Å². The van der Waals surface area contributed by atoms with Crippen molar-refractivity contribution >= 4 is 0 Å².